The zero-order valence-electron chi connectivity index (χ0n) is 12.8. The number of hydrogen-bond donors (Lipinski definition) is 1. The molecule has 0 spiro atoms. The second-order valence-corrected chi connectivity index (χ2v) is 8.06. The molecule has 1 amide bonds. The van der Waals surface area contributed by atoms with E-state index in [1.54, 1.807) is 0 Å². The number of hydrogen-bond acceptors (Lipinski definition) is 3. The molecule has 1 heterocycles. The van der Waals surface area contributed by atoms with Gasteiger partial charge in [0.05, 0.1) is 16.8 Å². The van der Waals surface area contributed by atoms with E-state index in [9.17, 15) is 4.79 Å². The Morgan fingerprint density at radius 1 is 1.45 bits per heavy atom. The van der Waals surface area contributed by atoms with Gasteiger partial charge >= 0.3 is 0 Å². The normalized spacial score (nSPS) is 13.3. The Hall–Kier alpha value is -0.580. The van der Waals surface area contributed by atoms with Crippen molar-refractivity contribution >= 4 is 28.8 Å². The standard InChI is InChI=1S/C15H25ClN2OS/c1-5-18(10-12-6-7-13(16)20-12)14(19)11(9-17)8-15(2,3)4/h6-7,11H,5,8-10,17H2,1-4H3. The summed E-state index contributed by atoms with van der Waals surface area (Å²) in [6, 6.07) is 3.85. The number of nitrogens with zero attached hydrogens (tertiary/aromatic N) is 1. The average Bonchev–Trinajstić information content (AvgIpc) is 2.76. The molecule has 1 aromatic rings. The van der Waals surface area contributed by atoms with Crippen LogP contribution in [0.1, 0.15) is 39.0 Å². The smallest absolute Gasteiger partial charge is 0.227 e. The van der Waals surface area contributed by atoms with Crippen LogP contribution >= 0.6 is 22.9 Å². The third kappa shape index (κ3) is 5.43. The quantitative estimate of drug-likeness (QED) is 0.868. The third-order valence-corrected chi connectivity index (χ3v) is 4.38. The van der Waals surface area contributed by atoms with Gasteiger partial charge in [-0.1, -0.05) is 32.4 Å². The zero-order chi connectivity index (χ0) is 15.3. The van der Waals surface area contributed by atoms with E-state index in [1.807, 2.05) is 24.0 Å². The molecule has 0 aliphatic carbocycles. The van der Waals surface area contributed by atoms with Gasteiger partial charge in [-0.05, 0) is 30.9 Å². The molecule has 20 heavy (non-hydrogen) atoms. The number of rotatable bonds is 6. The predicted molar refractivity (Wildman–Crippen MR) is 87.0 cm³/mol. The van der Waals surface area contributed by atoms with Crippen molar-refractivity contribution in [3.05, 3.63) is 21.3 Å². The van der Waals surface area contributed by atoms with Crippen molar-refractivity contribution in [3.63, 3.8) is 0 Å². The molecule has 0 saturated carbocycles. The zero-order valence-corrected chi connectivity index (χ0v) is 14.4. The van der Waals surface area contributed by atoms with E-state index in [-0.39, 0.29) is 17.2 Å². The summed E-state index contributed by atoms with van der Waals surface area (Å²) >= 11 is 7.46. The van der Waals surface area contributed by atoms with E-state index in [0.717, 1.165) is 15.6 Å². The average molecular weight is 317 g/mol. The summed E-state index contributed by atoms with van der Waals surface area (Å²) in [5.41, 5.74) is 5.91. The Bertz CT molecular complexity index is 439. The highest BCUT2D eigenvalue weighted by Gasteiger charge is 2.27. The van der Waals surface area contributed by atoms with Gasteiger partial charge in [0.2, 0.25) is 5.91 Å². The van der Waals surface area contributed by atoms with Crippen LogP contribution in [0.2, 0.25) is 4.34 Å². The molecular formula is C15H25ClN2OS. The predicted octanol–water partition coefficient (Wildman–Crippen LogP) is 3.76. The molecule has 3 nitrogen and oxygen atoms in total. The van der Waals surface area contributed by atoms with Crippen molar-refractivity contribution in [2.45, 2.75) is 40.7 Å². The van der Waals surface area contributed by atoms with Gasteiger partial charge in [0, 0.05) is 18.0 Å². The maximum atomic E-state index is 12.6. The first-order valence-corrected chi connectivity index (χ1v) is 8.19. The molecule has 0 saturated heterocycles. The Balaban J connectivity index is 2.74. The molecule has 0 radical (unpaired) electrons. The highest BCUT2D eigenvalue weighted by molar-refractivity contribution is 7.16. The fourth-order valence-corrected chi connectivity index (χ4v) is 3.34. The summed E-state index contributed by atoms with van der Waals surface area (Å²) < 4.78 is 0.758. The van der Waals surface area contributed by atoms with Crippen LogP contribution < -0.4 is 5.73 Å². The molecule has 5 heteroatoms. The monoisotopic (exact) mass is 316 g/mol. The minimum Gasteiger partial charge on any atom is -0.338 e. The maximum absolute atomic E-state index is 12.6. The molecule has 114 valence electrons. The van der Waals surface area contributed by atoms with Crippen molar-refractivity contribution < 1.29 is 4.79 Å². The number of carbonyl (C=O) groups excluding carboxylic acids is 1. The maximum Gasteiger partial charge on any atom is 0.227 e. The molecule has 1 aromatic heterocycles. The van der Waals surface area contributed by atoms with Crippen molar-refractivity contribution in [3.8, 4) is 0 Å². The number of thiophene rings is 1. The lowest BCUT2D eigenvalue weighted by molar-refractivity contribution is -0.136. The SMILES string of the molecule is CCN(Cc1ccc(Cl)s1)C(=O)C(CN)CC(C)(C)C. The van der Waals surface area contributed by atoms with Gasteiger partial charge < -0.3 is 10.6 Å². The second kappa shape index (κ2) is 7.43. The summed E-state index contributed by atoms with van der Waals surface area (Å²) in [7, 11) is 0. The van der Waals surface area contributed by atoms with Gasteiger partial charge in [0.25, 0.3) is 0 Å². The Labute approximate surface area is 131 Å². The van der Waals surface area contributed by atoms with Crippen LogP contribution in [0.15, 0.2) is 12.1 Å². The van der Waals surface area contributed by atoms with Crippen LogP contribution in [0.25, 0.3) is 0 Å². The van der Waals surface area contributed by atoms with Crippen molar-refractivity contribution in [1.82, 2.24) is 4.90 Å². The van der Waals surface area contributed by atoms with E-state index in [0.29, 0.717) is 19.6 Å². The molecule has 0 aromatic carbocycles. The molecule has 1 unspecified atom stereocenters. The van der Waals surface area contributed by atoms with E-state index >= 15 is 0 Å². The largest absolute Gasteiger partial charge is 0.338 e. The van der Waals surface area contributed by atoms with Crippen LogP contribution in [0, 0.1) is 11.3 Å². The molecule has 0 bridgehead atoms. The van der Waals surface area contributed by atoms with Gasteiger partial charge in [-0.15, -0.1) is 11.3 Å². The Morgan fingerprint density at radius 2 is 2.10 bits per heavy atom. The number of nitrogens with two attached hydrogens (primary N) is 1. The van der Waals surface area contributed by atoms with Crippen LogP contribution in [-0.2, 0) is 11.3 Å². The lowest BCUT2D eigenvalue weighted by Crippen LogP contribution is -2.40. The fourth-order valence-electron chi connectivity index (χ4n) is 2.24. The number of carbonyl (C=O) groups is 1. The summed E-state index contributed by atoms with van der Waals surface area (Å²) in [5, 5.41) is 0. The molecule has 1 atom stereocenters. The van der Waals surface area contributed by atoms with E-state index in [1.165, 1.54) is 11.3 Å². The van der Waals surface area contributed by atoms with Gasteiger partial charge in [-0.2, -0.15) is 0 Å². The first-order valence-electron chi connectivity index (χ1n) is 7.00. The number of amides is 1. The van der Waals surface area contributed by atoms with Gasteiger partial charge in [-0.3, -0.25) is 4.79 Å². The lowest BCUT2D eigenvalue weighted by atomic mass is 9.84. The number of halogens is 1. The lowest BCUT2D eigenvalue weighted by Gasteiger charge is -2.29. The van der Waals surface area contributed by atoms with E-state index in [4.69, 9.17) is 17.3 Å². The minimum atomic E-state index is -0.106. The van der Waals surface area contributed by atoms with Gasteiger partial charge in [-0.25, -0.2) is 0 Å². The highest BCUT2D eigenvalue weighted by atomic mass is 35.5. The van der Waals surface area contributed by atoms with Gasteiger partial charge in [0.15, 0.2) is 0 Å². The first kappa shape index (κ1) is 17.5. The van der Waals surface area contributed by atoms with Crippen molar-refractivity contribution in [1.29, 1.82) is 0 Å². The molecular weight excluding hydrogens is 292 g/mol. The Morgan fingerprint density at radius 3 is 2.50 bits per heavy atom. The van der Waals surface area contributed by atoms with Crippen LogP contribution in [0.5, 0.6) is 0 Å². The van der Waals surface area contributed by atoms with Crippen molar-refractivity contribution in [2.24, 2.45) is 17.1 Å². The van der Waals surface area contributed by atoms with Crippen LogP contribution in [0.3, 0.4) is 0 Å². The summed E-state index contributed by atoms with van der Waals surface area (Å²) in [5.74, 6) is 0.0415. The molecule has 0 aliphatic rings. The third-order valence-electron chi connectivity index (χ3n) is 3.16. The Kier molecular flexibility index (Phi) is 6.49. The summed E-state index contributed by atoms with van der Waals surface area (Å²) in [6.45, 7) is 10.1. The molecule has 2 N–H and O–H groups in total. The molecule has 0 aliphatic heterocycles. The first-order chi connectivity index (χ1) is 9.26. The fraction of sp³-hybridized carbons (Fsp3) is 0.667. The highest BCUT2D eigenvalue weighted by Crippen LogP contribution is 2.27. The van der Waals surface area contributed by atoms with Gasteiger partial charge in [0.1, 0.15) is 0 Å². The summed E-state index contributed by atoms with van der Waals surface area (Å²) in [4.78, 5) is 15.6. The topological polar surface area (TPSA) is 46.3 Å². The van der Waals surface area contributed by atoms with E-state index < -0.39 is 0 Å². The van der Waals surface area contributed by atoms with Crippen molar-refractivity contribution in [2.75, 3.05) is 13.1 Å². The minimum absolute atomic E-state index is 0.103. The van der Waals surface area contributed by atoms with Crippen LogP contribution in [-0.4, -0.2) is 23.9 Å². The van der Waals surface area contributed by atoms with E-state index in [2.05, 4.69) is 20.8 Å². The molecule has 1 rings (SSSR count). The van der Waals surface area contributed by atoms with Crippen LogP contribution in [0.4, 0.5) is 0 Å². The second-order valence-electron chi connectivity index (χ2n) is 6.26. The molecule has 0 fully saturated rings. The summed E-state index contributed by atoms with van der Waals surface area (Å²) in [6.07, 6.45) is 0.810.